The van der Waals surface area contributed by atoms with Crippen LogP contribution in [-0.2, 0) is 11.3 Å². The maximum absolute atomic E-state index is 15.1. The van der Waals surface area contributed by atoms with Crippen molar-refractivity contribution >= 4 is 28.4 Å². The van der Waals surface area contributed by atoms with Crippen LogP contribution in [-0.4, -0.2) is 84.3 Å². The molecule has 2 aliphatic heterocycles. The number of piperidine rings is 1. The minimum Gasteiger partial charge on any atom is -0.382 e. The number of fused-ring (bicyclic) bond motifs is 2. The van der Waals surface area contributed by atoms with E-state index in [0.717, 1.165) is 4.57 Å². The largest absolute Gasteiger partial charge is 0.406 e. The lowest BCUT2D eigenvalue weighted by atomic mass is 9.92. The molecule has 2 fully saturated rings. The van der Waals surface area contributed by atoms with Crippen molar-refractivity contribution in [1.29, 1.82) is 5.26 Å². The van der Waals surface area contributed by atoms with E-state index in [2.05, 4.69) is 31.4 Å². The number of hydrogen-bond acceptors (Lipinski definition) is 9. The Morgan fingerprint density at radius 1 is 1.23 bits per heavy atom. The minimum absolute atomic E-state index is 0.0819. The molecule has 4 aromatic heterocycles. The molecule has 39 heavy (non-hydrogen) atoms. The zero-order chi connectivity index (χ0) is 27.5. The number of nitrogens with zero attached hydrogens (tertiary/aromatic N) is 8. The molecule has 11 nitrogen and oxygen atoms in total. The van der Waals surface area contributed by atoms with Crippen LogP contribution < -0.4 is 11.1 Å². The Morgan fingerprint density at radius 2 is 2.03 bits per heavy atom. The van der Waals surface area contributed by atoms with Gasteiger partial charge in [-0.2, -0.15) is 23.4 Å². The zero-order valence-corrected chi connectivity index (χ0v) is 20.8. The molecule has 0 spiro atoms. The maximum atomic E-state index is 15.1. The number of hydrogen-bond donors (Lipinski definition) is 2. The van der Waals surface area contributed by atoms with Crippen LogP contribution in [0.2, 0.25) is 0 Å². The first-order valence-electron chi connectivity index (χ1n) is 12.3. The summed E-state index contributed by atoms with van der Waals surface area (Å²) in [4.78, 5) is 14.8. The van der Waals surface area contributed by atoms with Gasteiger partial charge in [0.25, 0.3) is 0 Å². The van der Waals surface area contributed by atoms with Crippen molar-refractivity contribution in [1.82, 2.24) is 34.0 Å². The molecule has 2 saturated heterocycles. The van der Waals surface area contributed by atoms with Crippen LogP contribution in [0, 0.1) is 18.3 Å². The van der Waals surface area contributed by atoms with Crippen LogP contribution in [0.3, 0.4) is 0 Å². The molecular formula is C24H24F4N10O. The smallest absolute Gasteiger partial charge is 0.382 e. The summed E-state index contributed by atoms with van der Waals surface area (Å²) in [5, 5.41) is 16.9. The molecule has 0 amide bonds. The SMILES string of the molecule is Cc1nc2ccc(-c3ccn4nc(N[C@H]5CCN(C6(C#N)COC6)C[C@H]5F)nc(N)c34)nc2n1CC(F)(F)F. The van der Waals surface area contributed by atoms with Gasteiger partial charge in [-0.3, -0.25) is 4.90 Å². The molecule has 0 saturated carbocycles. The van der Waals surface area contributed by atoms with Crippen LogP contribution >= 0.6 is 0 Å². The number of ether oxygens (including phenoxy) is 1. The third-order valence-corrected chi connectivity index (χ3v) is 7.29. The number of halogens is 4. The Kier molecular flexibility index (Phi) is 5.84. The van der Waals surface area contributed by atoms with E-state index >= 15 is 4.39 Å². The number of imidazole rings is 1. The summed E-state index contributed by atoms with van der Waals surface area (Å²) in [6, 6.07) is 6.61. The number of nitriles is 1. The van der Waals surface area contributed by atoms with Gasteiger partial charge >= 0.3 is 6.18 Å². The zero-order valence-electron chi connectivity index (χ0n) is 20.8. The van der Waals surface area contributed by atoms with Crippen LogP contribution in [0.4, 0.5) is 29.3 Å². The highest BCUT2D eigenvalue weighted by Gasteiger charge is 2.48. The molecule has 3 N–H and O–H groups in total. The second-order valence-corrected chi connectivity index (χ2v) is 9.88. The van der Waals surface area contributed by atoms with Crippen LogP contribution in [0.25, 0.3) is 27.9 Å². The summed E-state index contributed by atoms with van der Waals surface area (Å²) in [5.74, 6) is 0.429. The highest BCUT2D eigenvalue weighted by Crippen LogP contribution is 2.32. The van der Waals surface area contributed by atoms with Crippen molar-refractivity contribution < 1.29 is 22.3 Å². The number of nitrogen functional groups attached to an aromatic ring is 1. The lowest BCUT2D eigenvalue weighted by molar-refractivity contribution is -0.140. The number of aromatic nitrogens is 6. The molecule has 204 valence electrons. The Bertz CT molecular complexity index is 1600. The van der Waals surface area contributed by atoms with E-state index in [1.807, 2.05) is 4.90 Å². The fourth-order valence-electron chi connectivity index (χ4n) is 5.19. The molecular weight excluding hydrogens is 520 g/mol. The molecule has 15 heteroatoms. The quantitative estimate of drug-likeness (QED) is 0.364. The average molecular weight is 545 g/mol. The monoisotopic (exact) mass is 544 g/mol. The van der Waals surface area contributed by atoms with Crippen molar-refractivity contribution in [3.05, 3.63) is 30.2 Å². The third kappa shape index (κ3) is 4.39. The summed E-state index contributed by atoms with van der Waals surface area (Å²) >= 11 is 0. The van der Waals surface area contributed by atoms with Gasteiger partial charge in [0.05, 0.1) is 31.0 Å². The third-order valence-electron chi connectivity index (χ3n) is 7.29. The Labute approximate surface area is 219 Å². The van der Waals surface area contributed by atoms with Crippen molar-refractivity contribution in [2.45, 2.75) is 43.8 Å². The maximum Gasteiger partial charge on any atom is 0.406 e. The van der Waals surface area contributed by atoms with E-state index in [1.165, 1.54) is 11.4 Å². The van der Waals surface area contributed by atoms with Gasteiger partial charge in [0.1, 0.15) is 29.6 Å². The molecule has 0 aromatic carbocycles. The van der Waals surface area contributed by atoms with Gasteiger partial charge in [0.15, 0.2) is 17.0 Å². The van der Waals surface area contributed by atoms with Gasteiger partial charge in [0, 0.05) is 24.8 Å². The number of anilines is 2. The van der Waals surface area contributed by atoms with Gasteiger partial charge in [-0.25, -0.2) is 18.9 Å². The normalized spacial score (nSPS) is 21.6. The first-order valence-corrected chi connectivity index (χ1v) is 12.3. The van der Waals surface area contributed by atoms with Gasteiger partial charge in [-0.15, -0.1) is 5.10 Å². The van der Waals surface area contributed by atoms with Crippen LogP contribution in [0.1, 0.15) is 12.2 Å². The predicted molar refractivity (Wildman–Crippen MR) is 132 cm³/mol. The molecule has 4 aromatic rings. The Balaban J connectivity index is 1.26. The summed E-state index contributed by atoms with van der Waals surface area (Å²) in [6.07, 6.45) is -3.65. The van der Waals surface area contributed by atoms with Gasteiger partial charge in [-0.1, -0.05) is 0 Å². The van der Waals surface area contributed by atoms with E-state index in [-0.39, 0.29) is 43.0 Å². The second-order valence-electron chi connectivity index (χ2n) is 9.88. The lowest BCUT2D eigenvalue weighted by Gasteiger charge is -2.48. The molecule has 0 bridgehead atoms. The topological polar surface area (TPSA) is 135 Å². The molecule has 2 aliphatic rings. The van der Waals surface area contributed by atoms with Crippen molar-refractivity contribution in [3.63, 3.8) is 0 Å². The fraction of sp³-hybridized carbons (Fsp3) is 0.458. The molecule has 0 radical (unpaired) electrons. The minimum atomic E-state index is -4.43. The molecule has 6 rings (SSSR count). The Hall–Kier alpha value is -4.03. The van der Waals surface area contributed by atoms with E-state index < -0.39 is 30.5 Å². The summed E-state index contributed by atoms with van der Waals surface area (Å²) in [6.45, 7) is 1.43. The lowest BCUT2D eigenvalue weighted by Crippen LogP contribution is -2.65. The number of likely N-dealkylation sites (tertiary alicyclic amines) is 1. The highest BCUT2D eigenvalue weighted by molar-refractivity contribution is 5.88. The number of nitrogens with one attached hydrogen (secondary N) is 1. The first kappa shape index (κ1) is 25.3. The van der Waals surface area contributed by atoms with Crippen molar-refractivity contribution in [2.24, 2.45) is 0 Å². The van der Waals surface area contributed by atoms with Crippen LogP contribution in [0.15, 0.2) is 24.4 Å². The van der Waals surface area contributed by atoms with Gasteiger partial charge in [-0.05, 0) is 31.5 Å². The number of rotatable bonds is 5. The predicted octanol–water partition coefficient (Wildman–Crippen LogP) is 2.71. The molecule has 2 atom stereocenters. The average Bonchev–Trinajstić information content (AvgIpc) is 3.40. The van der Waals surface area contributed by atoms with Crippen molar-refractivity contribution in [2.75, 3.05) is 37.4 Å². The molecule has 0 unspecified atom stereocenters. The number of alkyl halides is 4. The highest BCUT2D eigenvalue weighted by atomic mass is 19.4. The number of pyridine rings is 1. The van der Waals surface area contributed by atoms with E-state index in [1.54, 1.807) is 24.4 Å². The molecule has 6 heterocycles. The van der Waals surface area contributed by atoms with E-state index in [9.17, 15) is 18.4 Å². The summed E-state index contributed by atoms with van der Waals surface area (Å²) in [7, 11) is 0. The van der Waals surface area contributed by atoms with Gasteiger partial charge in [0.2, 0.25) is 5.95 Å². The first-order chi connectivity index (χ1) is 18.6. The summed E-state index contributed by atoms with van der Waals surface area (Å²) < 4.78 is 62.2. The number of aryl methyl sites for hydroxylation is 1. The number of nitrogens with two attached hydrogens (primary N) is 1. The van der Waals surface area contributed by atoms with Gasteiger partial charge < -0.3 is 20.4 Å². The Morgan fingerprint density at radius 3 is 2.69 bits per heavy atom. The summed E-state index contributed by atoms with van der Waals surface area (Å²) in [5.41, 5.74) is 7.28. The standard InChI is InChI=1S/C24H24F4N10O/c1-13-31-18-3-2-16(32-21(18)37(13)10-24(26,27)28)14-4-7-38-19(14)20(30)34-22(35-38)33-17-5-6-36(8-15(17)25)23(9-29)11-39-12-23/h2-4,7,15,17H,5-6,8,10-12H2,1H3,(H3,30,33,34,35)/t15-,17+/m1/s1. The van der Waals surface area contributed by atoms with E-state index in [0.29, 0.717) is 35.3 Å². The van der Waals surface area contributed by atoms with Crippen LogP contribution in [0.5, 0.6) is 0 Å². The molecule has 0 aliphatic carbocycles. The second kappa shape index (κ2) is 9.02. The van der Waals surface area contributed by atoms with E-state index in [4.69, 9.17) is 10.5 Å². The van der Waals surface area contributed by atoms with Crippen molar-refractivity contribution in [3.8, 4) is 17.3 Å². The fourth-order valence-corrected chi connectivity index (χ4v) is 5.19.